The van der Waals surface area contributed by atoms with Crippen LogP contribution in [0.15, 0.2) is 26.6 Å². The van der Waals surface area contributed by atoms with Crippen LogP contribution in [0.2, 0.25) is 0 Å². The molecule has 0 saturated heterocycles. The first-order chi connectivity index (χ1) is 10.4. The fourth-order valence-electron chi connectivity index (χ4n) is 2.57. The number of rotatable bonds is 3. The van der Waals surface area contributed by atoms with Crippen molar-refractivity contribution in [1.82, 2.24) is 23.8 Å². The number of aryl methyl sites for hydroxylation is 2. The number of hydrogen-bond donors (Lipinski definition) is 0. The van der Waals surface area contributed by atoms with Crippen molar-refractivity contribution in [1.29, 1.82) is 0 Å². The smallest absolute Gasteiger partial charge is 0.332 e. The molecule has 3 heterocycles. The van der Waals surface area contributed by atoms with Crippen molar-refractivity contribution in [2.75, 3.05) is 0 Å². The summed E-state index contributed by atoms with van der Waals surface area (Å²) < 4.78 is 9.39. The molecule has 116 valence electrons. The molecule has 0 unspecified atom stereocenters. The fraction of sp³-hybridized carbons (Fsp3) is 0.429. The zero-order chi connectivity index (χ0) is 16.0. The average molecular weight is 303 g/mol. The van der Waals surface area contributed by atoms with Crippen LogP contribution in [0.25, 0.3) is 11.2 Å². The van der Waals surface area contributed by atoms with Crippen LogP contribution in [-0.2, 0) is 20.6 Å². The molecule has 0 aliphatic rings. The minimum atomic E-state index is -0.410. The van der Waals surface area contributed by atoms with Gasteiger partial charge >= 0.3 is 5.69 Å². The Morgan fingerprint density at radius 2 is 2.00 bits per heavy atom. The number of fused-ring (bicyclic) bond motifs is 1. The molecular formula is C14H17N5O3. The molecule has 0 aromatic carbocycles. The summed E-state index contributed by atoms with van der Waals surface area (Å²) in [4.78, 5) is 29.2. The highest BCUT2D eigenvalue weighted by Gasteiger charge is 2.18. The summed E-state index contributed by atoms with van der Waals surface area (Å²) >= 11 is 0. The van der Waals surface area contributed by atoms with Gasteiger partial charge in [0.05, 0.1) is 19.1 Å². The zero-order valence-electron chi connectivity index (χ0n) is 12.9. The quantitative estimate of drug-likeness (QED) is 0.707. The van der Waals surface area contributed by atoms with Gasteiger partial charge in [-0.05, 0) is 0 Å². The van der Waals surface area contributed by atoms with E-state index in [2.05, 4.69) is 10.1 Å². The predicted octanol–water partition coefficient (Wildman–Crippen LogP) is 0.593. The zero-order valence-corrected chi connectivity index (χ0v) is 12.9. The standard InChI is InChI=1S/C14H17N5O3/c1-8(2)11-9(5-16-22-11)6-19-13(20)10-12(15-7-17(10)3)18(4)14(19)21/h5,7-8H,6H2,1-4H3. The highest BCUT2D eigenvalue weighted by molar-refractivity contribution is 5.69. The summed E-state index contributed by atoms with van der Waals surface area (Å²) in [6.07, 6.45) is 3.07. The van der Waals surface area contributed by atoms with Crippen LogP contribution in [0, 0.1) is 0 Å². The highest BCUT2D eigenvalue weighted by Crippen LogP contribution is 2.19. The second-order valence-corrected chi connectivity index (χ2v) is 5.63. The van der Waals surface area contributed by atoms with E-state index in [1.165, 1.54) is 15.5 Å². The summed E-state index contributed by atoms with van der Waals surface area (Å²) in [7, 11) is 3.33. The van der Waals surface area contributed by atoms with Gasteiger partial charge in [-0.15, -0.1) is 0 Å². The van der Waals surface area contributed by atoms with Gasteiger partial charge in [-0.3, -0.25) is 13.9 Å². The Kier molecular flexibility index (Phi) is 3.23. The molecule has 3 rings (SSSR count). The van der Waals surface area contributed by atoms with E-state index >= 15 is 0 Å². The summed E-state index contributed by atoms with van der Waals surface area (Å²) in [5, 5.41) is 3.77. The number of hydrogen-bond acceptors (Lipinski definition) is 5. The van der Waals surface area contributed by atoms with E-state index in [0.717, 1.165) is 5.56 Å². The maximum Gasteiger partial charge on any atom is 0.332 e. The molecule has 0 fully saturated rings. The summed E-state index contributed by atoms with van der Waals surface area (Å²) in [5.74, 6) is 0.802. The second-order valence-electron chi connectivity index (χ2n) is 5.63. The van der Waals surface area contributed by atoms with Gasteiger partial charge in [-0.2, -0.15) is 0 Å². The van der Waals surface area contributed by atoms with Crippen LogP contribution in [0.4, 0.5) is 0 Å². The largest absolute Gasteiger partial charge is 0.361 e. The SMILES string of the molecule is CC(C)c1oncc1Cn1c(=O)c2c(ncn2C)n(C)c1=O. The Labute approximate surface area is 125 Å². The van der Waals surface area contributed by atoms with Crippen molar-refractivity contribution in [2.24, 2.45) is 14.1 Å². The monoisotopic (exact) mass is 303 g/mol. The van der Waals surface area contributed by atoms with Crippen LogP contribution >= 0.6 is 0 Å². The first-order valence-corrected chi connectivity index (χ1v) is 6.96. The van der Waals surface area contributed by atoms with Crippen LogP contribution in [0.3, 0.4) is 0 Å². The predicted molar refractivity (Wildman–Crippen MR) is 79.9 cm³/mol. The Morgan fingerprint density at radius 3 is 2.68 bits per heavy atom. The van der Waals surface area contributed by atoms with Gasteiger partial charge in [0.1, 0.15) is 5.76 Å². The lowest BCUT2D eigenvalue weighted by Gasteiger charge is -2.09. The molecule has 0 radical (unpaired) electrons. The van der Waals surface area contributed by atoms with Crippen LogP contribution in [0.1, 0.15) is 31.1 Å². The lowest BCUT2D eigenvalue weighted by atomic mass is 10.1. The minimum Gasteiger partial charge on any atom is -0.361 e. The summed E-state index contributed by atoms with van der Waals surface area (Å²) in [6.45, 7) is 4.06. The highest BCUT2D eigenvalue weighted by atomic mass is 16.5. The molecule has 0 aliphatic carbocycles. The maximum atomic E-state index is 12.6. The van der Waals surface area contributed by atoms with E-state index < -0.39 is 5.69 Å². The van der Waals surface area contributed by atoms with Gasteiger partial charge in [-0.1, -0.05) is 19.0 Å². The third kappa shape index (κ3) is 1.99. The minimum absolute atomic E-state index is 0.123. The Morgan fingerprint density at radius 1 is 1.27 bits per heavy atom. The van der Waals surface area contributed by atoms with E-state index in [1.54, 1.807) is 24.9 Å². The first-order valence-electron chi connectivity index (χ1n) is 6.96. The Bertz CT molecular complexity index is 957. The van der Waals surface area contributed by atoms with Crippen molar-refractivity contribution in [3.63, 3.8) is 0 Å². The first kappa shape index (κ1) is 14.3. The molecule has 8 nitrogen and oxygen atoms in total. The molecule has 0 amide bonds. The molecule has 0 saturated carbocycles. The molecule has 0 atom stereocenters. The molecule has 0 aliphatic heterocycles. The summed E-state index contributed by atoms with van der Waals surface area (Å²) in [6, 6.07) is 0. The Hall–Kier alpha value is -2.64. The van der Waals surface area contributed by atoms with Gasteiger partial charge in [0.2, 0.25) is 0 Å². The van der Waals surface area contributed by atoms with Crippen molar-refractivity contribution in [3.05, 3.63) is 44.7 Å². The molecule has 3 aromatic rings. The summed E-state index contributed by atoms with van der Waals surface area (Å²) in [5.41, 5.74) is 0.727. The molecule has 22 heavy (non-hydrogen) atoms. The molecule has 3 aromatic heterocycles. The number of imidazole rings is 1. The van der Waals surface area contributed by atoms with E-state index in [1.807, 2.05) is 13.8 Å². The van der Waals surface area contributed by atoms with Crippen molar-refractivity contribution >= 4 is 11.2 Å². The van der Waals surface area contributed by atoms with Gasteiger partial charge < -0.3 is 9.09 Å². The van der Waals surface area contributed by atoms with Crippen LogP contribution in [-0.4, -0.2) is 23.8 Å². The Balaban J connectivity index is 2.23. The van der Waals surface area contributed by atoms with Crippen molar-refractivity contribution in [2.45, 2.75) is 26.3 Å². The van der Waals surface area contributed by atoms with E-state index in [-0.39, 0.29) is 18.0 Å². The normalized spacial score (nSPS) is 11.7. The third-order valence-electron chi connectivity index (χ3n) is 3.73. The van der Waals surface area contributed by atoms with Gasteiger partial charge in [0, 0.05) is 25.6 Å². The van der Waals surface area contributed by atoms with Gasteiger partial charge in [-0.25, -0.2) is 9.78 Å². The van der Waals surface area contributed by atoms with Crippen LogP contribution in [0.5, 0.6) is 0 Å². The van der Waals surface area contributed by atoms with E-state index in [9.17, 15) is 9.59 Å². The lowest BCUT2D eigenvalue weighted by Crippen LogP contribution is -2.39. The van der Waals surface area contributed by atoms with Crippen LogP contribution < -0.4 is 11.2 Å². The molecular weight excluding hydrogens is 286 g/mol. The van der Waals surface area contributed by atoms with Gasteiger partial charge in [0.15, 0.2) is 11.2 Å². The maximum absolute atomic E-state index is 12.6. The topological polar surface area (TPSA) is 87.8 Å². The second kappa shape index (κ2) is 4.97. The number of aromatic nitrogens is 5. The third-order valence-corrected chi connectivity index (χ3v) is 3.73. The lowest BCUT2D eigenvalue weighted by molar-refractivity contribution is 0.368. The molecule has 0 N–H and O–H groups in total. The fourth-order valence-corrected chi connectivity index (χ4v) is 2.57. The molecule has 8 heteroatoms. The van der Waals surface area contributed by atoms with Gasteiger partial charge in [0.25, 0.3) is 5.56 Å². The van der Waals surface area contributed by atoms with E-state index in [4.69, 9.17) is 4.52 Å². The van der Waals surface area contributed by atoms with Crippen molar-refractivity contribution in [3.8, 4) is 0 Å². The number of nitrogens with zero attached hydrogens (tertiary/aromatic N) is 5. The van der Waals surface area contributed by atoms with Crippen molar-refractivity contribution < 1.29 is 4.52 Å². The average Bonchev–Trinajstić information content (AvgIpc) is 3.08. The molecule has 0 bridgehead atoms. The molecule has 0 spiro atoms. The van der Waals surface area contributed by atoms with E-state index in [0.29, 0.717) is 16.9 Å².